The van der Waals surface area contributed by atoms with Gasteiger partial charge in [0.05, 0.1) is 6.61 Å². The van der Waals surface area contributed by atoms with E-state index in [1.54, 1.807) is 0 Å². The normalized spacial score (nSPS) is 24.3. The highest BCUT2D eigenvalue weighted by Gasteiger charge is 2.30. The first-order valence-corrected chi connectivity index (χ1v) is 6.10. The molecule has 0 radical (unpaired) electrons. The number of hydrogen-bond acceptors (Lipinski definition) is 2. The Bertz CT molecular complexity index is 360. The fourth-order valence-electron chi connectivity index (χ4n) is 2.60. The molecule has 88 valence electrons. The summed E-state index contributed by atoms with van der Waals surface area (Å²) < 4.78 is 0. The van der Waals surface area contributed by atoms with Crippen molar-refractivity contribution in [2.24, 2.45) is 11.7 Å². The van der Waals surface area contributed by atoms with Gasteiger partial charge in [-0.05, 0) is 49.7 Å². The van der Waals surface area contributed by atoms with Crippen LogP contribution in [0.15, 0.2) is 24.3 Å². The topological polar surface area (TPSA) is 46.2 Å². The van der Waals surface area contributed by atoms with Crippen LogP contribution in [0.5, 0.6) is 0 Å². The van der Waals surface area contributed by atoms with Gasteiger partial charge in [0.1, 0.15) is 0 Å². The summed E-state index contributed by atoms with van der Waals surface area (Å²) in [5.74, 6) is 0.390. The zero-order valence-corrected chi connectivity index (χ0v) is 9.95. The van der Waals surface area contributed by atoms with Crippen molar-refractivity contribution in [1.29, 1.82) is 0 Å². The number of fused-ring (bicyclic) bond motifs is 1. The third kappa shape index (κ3) is 2.28. The number of hydrogen-bond donors (Lipinski definition) is 2. The van der Waals surface area contributed by atoms with E-state index in [9.17, 15) is 5.11 Å². The fourth-order valence-corrected chi connectivity index (χ4v) is 2.60. The predicted octanol–water partition coefficient (Wildman–Crippen LogP) is 1.89. The number of benzene rings is 1. The van der Waals surface area contributed by atoms with Crippen LogP contribution in [-0.4, -0.2) is 17.3 Å². The monoisotopic (exact) mass is 219 g/mol. The quantitative estimate of drug-likeness (QED) is 0.746. The second-order valence-corrected chi connectivity index (χ2v) is 5.23. The van der Waals surface area contributed by atoms with Crippen LogP contribution in [0.3, 0.4) is 0 Å². The summed E-state index contributed by atoms with van der Waals surface area (Å²) in [6.45, 7) is 2.03. The maximum Gasteiger partial charge on any atom is 0.0611 e. The Morgan fingerprint density at radius 1 is 1.38 bits per heavy atom. The average Bonchev–Trinajstić information content (AvgIpc) is 2.51. The van der Waals surface area contributed by atoms with Crippen LogP contribution in [0.4, 0.5) is 0 Å². The van der Waals surface area contributed by atoms with E-state index >= 15 is 0 Å². The molecular weight excluding hydrogens is 198 g/mol. The minimum atomic E-state index is -0.447. The lowest BCUT2D eigenvalue weighted by Gasteiger charge is -2.32. The van der Waals surface area contributed by atoms with E-state index in [2.05, 4.69) is 24.3 Å². The van der Waals surface area contributed by atoms with E-state index in [-0.39, 0.29) is 6.61 Å². The second-order valence-electron chi connectivity index (χ2n) is 5.23. The number of aryl methyl sites for hydroxylation is 1. The first-order valence-electron chi connectivity index (χ1n) is 6.10. The van der Waals surface area contributed by atoms with Crippen molar-refractivity contribution in [2.45, 2.75) is 38.1 Å². The molecule has 2 heteroatoms. The van der Waals surface area contributed by atoms with Gasteiger partial charge in [-0.15, -0.1) is 0 Å². The standard InChI is InChI=1S/C14H21NO/c1-14(15,10-16)13-8-4-7-11-5-2-3-6-12(11)9-13/h2-3,5-6,13,16H,4,7-10,15H2,1H3. The Balaban J connectivity index is 2.23. The van der Waals surface area contributed by atoms with E-state index in [0.717, 1.165) is 19.3 Å². The van der Waals surface area contributed by atoms with Crippen LogP contribution < -0.4 is 5.73 Å². The van der Waals surface area contributed by atoms with E-state index in [1.807, 2.05) is 6.92 Å². The van der Waals surface area contributed by atoms with Crippen molar-refractivity contribution < 1.29 is 5.11 Å². The molecular formula is C14H21NO. The second kappa shape index (κ2) is 4.56. The molecule has 3 N–H and O–H groups in total. The highest BCUT2D eigenvalue weighted by atomic mass is 16.3. The van der Waals surface area contributed by atoms with E-state index in [0.29, 0.717) is 5.92 Å². The number of aliphatic hydroxyl groups is 1. The molecule has 0 amide bonds. The van der Waals surface area contributed by atoms with Gasteiger partial charge in [0.2, 0.25) is 0 Å². The average molecular weight is 219 g/mol. The maximum absolute atomic E-state index is 9.36. The highest BCUT2D eigenvalue weighted by molar-refractivity contribution is 5.29. The Kier molecular flexibility index (Phi) is 3.31. The molecule has 1 aromatic carbocycles. The van der Waals surface area contributed by atoms with Gasteiger partial charge in [-0.1, -0.05) is 24.3 Å². The van der Waals surface area contributed by atoms with Crippen molar-refractivity contribution in [3.05, 3.63) is 35.4 Å². The van der Waals surface area contributed by atoms with E-state index < -0.39 is 5.54 Å². The summed E-state index contributed by atoms with van der Waals surface area (Å²) in [5.41, 5.74) is 8.59. The molecule has 16 heavy (non-hydrogen) atoms. The summed E-state index contributed by atoms with van der Waals surface area (Å²) in [4.78, 5) is 0. The molecule has 0 spiro atoms. The van der Waals surface area contributed by atoms with Crippen molar-refractivity contribution >= 4 is 0 Å². The van der Waals surface area contributed by atoms with Crippen LogP contribution in [-0.2, 0) is 12.8 Å². The SMILES string of the molecule is CC(N)(CO)C1CCCc2ccccc2C1. The molecule has 1 aliphatic rings. The van der Waals surface area contributed by atoms with Crippen molar-refractivity contribution in [3.8, 4) is 0 Å². The van der Waals surface area contributed by atoms with Gasteiger partial charge in [-0.2, -0.15) is 0 Å². The third-order valence-electron chi connectivity index (χ3n) is 3.86. The van der Waals surface area contributed by atoms with E-state index in [4.69, 9.17) is 5.73 Å². The molecule has 0 fully saturated rings. The van der Waals surface area contributed by atoms with Crippen LogP contribution >= 0.6 is 0 Å². The van der Waals surface area contributed by atoms with Crippen molar-refractivity contribution in [3.63, 3.8) is 0 Å². The van der Waals surface area contributed by atoms with Gasteiger partial charge >= 0.3 is 0 Å². The molecule has 2 nitrogen and oxygen atoms in total. The molecule has 2 rings (SSSR count). The van der Waals surface area contributed by atoms with Gasteiger partial charge in [-0.3, -0.25) is 0 Å². The largest absolute Gasteiger partial charge is 0.394 e. The minimum absolute atomic E-state index is 0.0693. The number of nitrogens with two attached hydrogens (primary N) is 1. The van der Waals surface area contributed by atoms with Gasteiger partial charge < -0.3 is 10.8 Å². The lowest BCUT2D eigenvalue weighted by atomic mass is 9.81. The first kappa shape index (κ1) is 11.6. The molecule has 1 aliphatic carbocycles. The Morgan fingerprint density at radius 3 is 2.75 bits per heavy atom. The van der Waals surface area contributed by atoms with Crippen LogP contribution in [0, 0.1) is 5.92 Å². The Morgan fingerprint density at radius 2 is 2.06 bits per heavy atom. The molecule has 0 saturated heterocycles. The Hall–Kier alpha value is -0.860. The molecule has 2 unspecified atom stereocenters. The first-order chi connectivity index (χ1) is 7.63. The maximum atomic E-state index is 9.36. The van der Waals surface area contributed by atoms with Crippen molar-refractivity contribution in [2.75, 3.05) is 6.61 Å². The highest BCUT2D eigenvalue weighted by Crippen LogP contribution is 2.30. The van der Waals surface area contributed by atoms with E-state index in [1.165, 1.54) is 17.5 Å². The number of rotatable bonds is 2. The summed E-state index contributed by atoms with van der Waals surface area (Å²) in [6.07, 6.45) is 4.44. The zero-order valence-electron chi connectivity index (χ0n) is 9.95. The third-order valence-corrected chi connectivity index (χ3v) is 3.86. The van der Waals surface area contributed by atoms with Gasteiger partial charge in [0, 0.05) is 5.54 Å². The van der Waals surface area contributed by atoms with Crippen LogP contribution in [0.1, 0.15) is 30.9 Å². The Labute approximate surface area is 97.5 Å². The van der Waals surface area contributed by atoms with Gasteiger partial charge in [-0.25, -0.2) is 0 Å². The molecule has 2 atom stereocenters. The lowest BCUT2D eigenvalue weighted by Crippen LogP contribution is -2.48. The van der Waals surface area contributed by atoms with Crippen molar-refractivity contribution in [1.82, 2.24) is 0 Å². The molecule has 1 aromatic rings. The molecule has 0 bridgehead atoms. The molecule has 0 saturated carbocycles. The lowest BCUT2D eigenvalue weighted by molar-refractivity contribution is 0.148. The zero-order chi connectivity index (χ0) is 11.6. The number of aliphatic hydroxyl groups excluding tert-OH is 1. The van der Waals surface area contributed by atoms with Crippen LogP contribution in [0.25, 0.3) is 0 Å². The molecule has 0 aliphatic heterocycles. The van der Waals surface area contributed by atoms with Crippen LogP contribution in [0.2, 0.25) is 0 Å². The summed E-state index contributed by atoms with van der Waals surface area (Å²) in [6, 6.07) is 8.60. The molecule has 0 aromatic heterocycles. The predicted molar refractivity (Wildman–Crippen MR) is 66.3 cm³/mol. The summed E-state index contributed by atoms with van der Waals surface area (Å²) >= 11 is 0. The minimum Gasteiger partial charge on any atom is -0.394 e. The smallest absolute Gasteiger partial charge is 0.0611 e. The van der Waals surface area contributed by atoms with Gasteiger partial charge in [0.25, 0.3) is 0 Å². The fraction of sp³-hybridized carbons (Fsp3) is 0.571. The summed E-state index contributed by atoms with van der Waals surface area (Å²) in [5, 5.41) is 9.36. The van der Waals surface area contributed by atoms with Gasteiger partial charge in [0.15, 0.2) is 0 Å². The summed E-state index contributed by atoms with van der Waals surface area (Å²) in [7, 11) is 0. The molecule has 0 heterocycles.